The van der Waals surface area contributed by atoms with E-state index in [1.807, 2.05) is 6.07 Å². The minimum atomic E-state index is -0.830. The smallest absolute Gasteiger partial charge is 0.322 e. The number of anilines is 1. The van der Waals surface area contributed by atoms with Gasteiger partial charge in [0.2, 0.25) is 11.8 Å². The number of hydrogen-bond donors (Lipinski definition) is 3. The standard InChI is InChI=1S/C24H31N7O4/c1-34-12-13-35-23-29-20(21(32)27-15-24(33)7-3-8-24)28-22(30-23)31-10-5-16(6-11-31)18-14-26-19-17(18)4-2-9-25-19/h2,4,9,14,16,33H,3,5-8,10-13,15H2,1H3,(H,25,26)(H,27,32). The Bertz CT molecular complexity index is 1170. The van der Waals surface area contributed by atoms with Gasteiger partial charge < -0.3 is 29.8 Å². The number of H-pyrrole nitrogens is 1. The second-order valence-corrected chi connectivity index (χ2v) is 9.25. The molecule has 2 fully saturated rings. The van der Waals surface area contributed by atoms with Crippen LogP contribution in [-0.2, 0) is 4.74 Å². The van der Waals surface area contributed by atoms with E-state index in [0.717, 1.165) is 43.4 Å². The highest BCUT2D eigenvalue weighted by atomic mass is 16.5. The summed E-state index contributed by atoms with van der Waals surface area (Å²) >= 11 is 0. The van der Waals surface area contributed by atoms with E-state index in [2.05, 4.69) is 47.4 Å². The fourth-order valence-electron chi connectivity index (χ4n) is 4.66. The number of rotatable bonds is 9. The summed E-state index contributed by atoms with van der Waals surface area (Å²) in [5, 5.41) is 14.2. The lowest BCUT2D eigenvalue weighted by Crippen LogP contribution is -2.48. The highest BCUT2D eigenvalue weighted by Crippen LogP contribution is 2.34. The summed E-state index contributed by atoms with van der Waals surface area (Å²) in [4.78, 5) is 35.6. The Morgan fingerprint density at radius 2 is 2.09 bits per heavy atom. The Morgan fingerprint density at radius 1 is 1.26 bits per heavy atom. The third-order valence-electron chi connectivity index (χ3n) is 6.89. The van der Waals surface area contributed by atoms with Gasteiger partial charge in [0.05, 0.1) is 12.2 Å². The Balaban J connectivity index is 1.30. The average molecular weight is 482 g/mol. The van der Waals surface area contributed by atoms with Crippen LogP contribution in [0.4, 0.5) is 5.95 Å². The number of methoxy groups -OCH3 is 1. The maximum atomic E-state index is 12.8. The maximum absolute atomic E-state index is 12.8. The molecule has 0 radical (unpaired) electrons. The summed E-state index contributed by atoms with van der Waals surface area (Å²) in [7, 11) is 1.58. The second kappa shape index (κ2) is 10.1. The molecule has 4 heterocycles. The van der Waals surface area contributed by atoms with Gasteiger partial charge in [-0.15, -0.1) is 0 Å². The van der Waals surface area contributed by atoms with Crippen LogP contribution in [0, 0.1) is 0 Å². The van der Waals surface area contributed by atoms with Crippen molar-refractivity contribution in [3.8, 4) is 6.01 Å². The van der Waals surface area contributed by atoms with Crippen molar-refractivity contribution in [1.82, 2.24) is 30.2 Å². The van der Waals surface area contributed by atoms with Gasteiger partial charge in [-0.3, -0.25) is 4.79 Å². The van der Waals surface area contributed by atoms with Gasteiger partial charge in [0.25, 0.3) is 5.91 Å². The van der Waals surface area contributed by atoms with E-state index in [9.17, 15) is 9.90 Å². The number of nitrogens with zero attached hydrogens (tertiary/aromatic N) is 5. The number of aliphatic hydroxyl groups is 1. The number of aromatic amines is 1. The molecule has 2 aliphatic rings. The molecule has 0 bridgehead atoms. The number of carbonyl (C=O) groups is 1. The Morgan fingerprint density at radius 3 is 2.83 bits per heavy atom. The van der Waals surface area contributed by atoms with Gasteiger partial charge in [-0.1, -0.05) is 0 Å². The Kier molecular flexibility index (Phi) is 6.78. The number of carbonyl (C=O) groups excluding carboxylic acids is 1. The molecule has 0 unspecified atom stereocenters. The molecule has 186 valence electrons. The van der Waals surface area contributed by atoms with E-state index >= 15 is 0 Å². The van der Waals surface area contributed by atoms with Crippen LogP contribution < -0.4 is 15.0 Å². The highest BCUT2D eigenvalue weighted by molar-refractivity contribution is 5.90. The fourth-order valence-corrected chi connectivity index (χ4v) is 4.66. The SMILES string of the molecule is COCCOc1nc(C(=O)NCC2(O)CCC2)nc(N2CCC(c3c[nH]c4ncccc34)CC2)n1. The predicted octanol–water partition coefficient (Wildman–Crippen LogP) is 1.80. The van der Waals surface area contributed by atoms with Crippen LogP contribution in [0.1, 0.15) is 54.2 Å². The third kappa shape index (κ3) is 5.20. The average Bonchev–Trinajstić information content (AvgIpc) is 3.30. The second-order valence-electron chi connectivity index (χ2n) is 9.25. The molecule has 0 spiro atoms. The van der Waals surface area contributed by atoms with Gasteiger partial charge in [-0.05, 0) is 55.7 Å². The number of aromatic nitrogens is 5. The van der Waals surface area contributed by atoms with Crippen molar-refractivity contribution in [2.45, 2.75) is 43.6 Å². The van der Waals surface area contributed by atoms with Crippen molar-refractivity contribution in [1.29, 1.82) is 0 Å². The van der Waals surface area contributed by atoms with Gasteiger partial charge in [-0.25, -0.2) is 4.98 Å². The molecule has 1 saturated heterocycles. The minimum absolute atomic E-state index is 0.0184. The maximum Gasteiger partial charge on any atom is 0.322 e. The minimum Gasteiger partial charge on any atom is -0.461 e. The molecule has 1 saturated carbocycles. The molecule has 3 N–H and O–H groups in total. The summed E-state index contributed by atoms with van der Waals surface area (Å²) in [5.74, 6) is 0.343. The van der Waals surface area contributed by atoms with Crippen LogP contribution >= 0.6 is 0 Å². The summed E-state index contributed by atoms with van der Waals surface area (Å²) in [6.45, 7) is 2.29. The van der Waals surface area contributed by atoms with Crippen LogP contribution in [0.2, 0.25) is 0 Å². The van der Waals surface area contributed by atoms with Gasteiger partial charge in [-0.2, -0.15) is 15.0 Å². The molecule has 3 aromatic rings. The largest absolute Gasteiger partial charge is 0.461 e. The number of pyridine rings is 1. The first-order valence-electron chi connectivity index (χ1n) is 12.1. The first kappa shape index (κ1) is 23.4. The zero-order chi connectivity index (χ0) is 24.3. The number of fused-ring (bicyclic) bond motifs is 1. The fraction of sp³-hybridized carbons (Fsp3) is 0.542. The van der Waals surface area contributed by atoms with Gasteiger partial charge in [0.1, 0.15) is 12.3 Å². The lowest BCUT2D eigenvalue weighted by atomic mass is 9.80. The van der Waals surface area contributed by atoms with Crippen LogP contribution in [-0.4, -0.2) is 81.5 Å². The quantitative estimate of drug-likeness (QED) is 0.391. The molecule has 11 heteroatoms. The summed E-state index contributed by atoms with van der Waals surface area (Å²) < 4.78 is 10.7. The molecule has 0 atom stereocenters. The molecule has 1 amide bonds. The summed E-state index contributed by atoms with van der Waals surface area (Å²) in [5.41, 5.74) is 1.35. The molecule has 1 aliphatic carbocycles. The van der Waals surface area contributed by atoms with E-state index in [1.165, 1.54) is 5.56 Å². The van der Waals surface area contributed by atoms with E-state index in [0.29, 0.717) is 31.3 Å². The summed E-state index contributed by atoms with van der Waals surface area (Å²) in [6, 6.07) is 4.14. The lowest BCUT2D eigenvalue weighted by Gasteiger charge is -2.36. The van der Waals surface area contributed by atoms with Crippen molar-refractivity contribution in [2.75, 3.05) is 44.9 Å². The van der Waals surface area contributed by atoms with E-state index in [1.54, 1.807) is 13.3 Å². The number of amides is 1. The number of hydrogen-bond acceptors (Lipinski definition) is 9. The highest BCUT2D eigenvalue weighted by Gasteiger charge is 2.35. The lowest BCUT2D eigenvalue weighted by molar-refractivity contribution is -0.0301. The molecule has 3 aromatic heterocycles. The topological polar surface area (TPSA) is 138 Å². The van der Waals surface area contributed by atoms with Crippen LogP contribution in [0.3, 0.4) is 0 Å². The van der Waals surface area contributed by atoms with Crippen molar-refractivity contribution in [2.24, 2.45) is 0 Å². The van der Waals surface area contributed by atoms with E-state index in [-0.39, 0.29) is 25.0 Å². The summed E-state index contributed by atoms with van der Waals surface area (Å²) in [6.07, 6.45) is 8.01. The Labute approximate surface area is 203 Å². The number of nitrogens with one attached hydrogen (secondary N) is 2. The first-order valence-corrected chi connectivity index (χ1v) is 12.1. The molecule has 5 rings (SSSR count). The van der Waals surface area contributed by atoms with Crippen LogP contribution in [0.5, 0.6) is 6.01 Å². The van der Waals surface area contributed by atoms with Gasteiger partial charge in [0, 0.05) is 44.5 Å². The van der Waals surface area contributed by atoms with Crippen molar-refractivity contribution in [3.63, 3.8) is 0 Å². The molecular formula is C24H31N7O4. The Hall–Kier alpha value is -3.31. The zero-order valence-corrected chi connectivity index (χ0v) is 19.9. The van der Waals surface area contributed by atoms with Crippen LogP contribution in [0.25, 0.3) is 11.0 Å². The van der Waals surface area contributed by atoms with Gasteiger partial charge in [0.15, 0.2) is 0 Å². The first-order chi connectivity index (χ1) is 17.0. The van der Waals surface area contributed by atoms with E-state index < -0.39 is 11.5 Å². The van der Waals surface area contributed by atoms with Crippen LogP contribution in [0.15, 0.2) is 24.5 Å². The normalized spacial score (nSPS) is 17.8. The van der Waals surface area contributed by atoms with Gasteiger partial charge >= 0.3 is 6.01 Å². The number of ether oxygens (including phenoxy) is 2. The number of piperidine rings is 1. The van der Waals surface area contributed by atoms with E-state index in [4.69, 9.17) is 9.47 Å². The monoisotopic (exact) mass is 481 g/mol. The zero-order valence-electron chi connectivity index (χ0n) is 19.9. The van der Waals surface area contributed by atoms with Crippen molar-refractivity contribution >= 4 is 22.9 Å². The van der Waals surface area contributed by atoms with Crippen molar-refractivity contribution < 1.29 is 19.4 Å². The molecule has 1 aliphatic heterocycles. The molecular weight excluding hydrogens is 450 g/mol. The van der Waals surface area contributed by atoms with Crippen molar-refractivity contribution in [3.05, 3.63) is 35.9 Å². The predicted molar refractivity (Wildman–Crippen MR) is 129 cm³/mol. The molecule has 11 nitrogen and oxygen atoms in total. The third-order valence-corrected chi connectivity index (χ3v) is 6.89. The molecule has 0 aromatic carbocycles. The molecule has 35 heavy (non-hydrogen) atoms.